The predicted octanol–water partition coefficient (Wildman–Crippen LogP) is 8.29. The van der Waals surface area contributed by atoms with Crippen LogP contribution in [0.4, 0.5) is 0 Å². The Morgan fingerprint density at radius 2 is 1.07 bits per heavy atom. The average Bonchev–Trinajstić information content (AvgIpc) is 2.75. The number of hydrogen-bond acceptors (Lipinski definition) is 3. The molecule has 0 saturated heterocycles. The number of aliphatic hydroxyl groups is 1. The van der Waals surface area contributed by atoms with Crippen LogP contribution in [0.5, 0.6) is 0 Å². The summed E-state index contributed by atoms with van der Waals surface area (Å²) in [7, 11) is 0. The van der Waals surface area contributed by atoms with E-state index < -0.39 is 0 Å². The summed E-state index contributed by atoms with van der Waals surface area (Å²) < 4.78 is 5.02. The molecule has 0 rings (SSSR count). The summed E-state index contributed by atoms with van der Waals surface area (Å²) in [6.07, 6.45) is 31.0. The molecule has 0 aliphatic carbocycles. The molecular formula is C27H52O3. The molecule has 0 aliphatic heterocycles. The smallest absolute Gasteiger partial charge is 0.305 e. The van der Waals surface area contributed by atoms with E-state index in [1.54, 1.807) is 0 Å². The van der Waals surface area contributed by atoms with Crippen LogP contribution in [0, 0.1) is 0 Å². The molecule has 0 aliphatic rings. The molecule has 0 fully saturated rings. The lowest BCUT2D eigenvalue weighted by atomic mass is 10.0. The van der Waals surface area contributed by atoms with Crippen LogP contribution in [-0.4, -0.2) is 24.3 Å². The number of esters is 1. The van der Waals surface area contributed by atoms with Crippen molar-refractivity contribution in [1.29, 1.82) is 0 Å². The predicted molar refractivity (Wildman–Crippen MR) is 130 cm³/mol. The van der Waals surface area contributed by atoms with Gasteiger partial charge in [0.05, 0.1) is 6.61 Å². The number of unbranched alkanes of at least 4 members (excludes halogenated alkanes) is 17. The zero-order valence-corrected chi connectivity index (χ0v) is 20.2. The molecule has 1 N–H and O–H groups in total. The Balaban J connectivity index is 3.12. The average molecular weight is 425 g/mol. The monoisotopic (exact) mass is 424 g/mol. The highest BCUT2D eigenvalue weighted by atomic mass is 16.5. The zero-order chi connectivity index (χ0) is 22.0. The molecule has 0 aromatic heterocycles. The van der Waals surface area contributed by atoms with Crippen molar-refractivity contribution in [3.05, 3.63) is 12.2 Å². The Morgan fingerprint density at radius 1 is 0.633 bits per heavy atom. The molecule has 0 saturated carbocycles. The van der Waals surface area contributed by atoms with E-state index >= 15 is 0 Å². The van der Waals surface area contributed by atoms with Gasteiger partial charge < -0.3 is 9.84 Å². The molecule has 0 bridgehead atoms. The molecule has 0 radical (unpaired) electrons. The Labute approximate surface area is 188 Å². The van der Waals surface area contributed by atoms with Gasteiger partial charge >= 0.3 is 5.97 Å². The molecule has 30 heavy (non-hydrogen) atoms. The third-order valence-corrected chi connectivity index (χ3v) is 5.71. The fraction of sp³-hybridized carbons (Fsp3) is 0.889. The molecule has 3 nitrogen and oxygen atoms in total. The summed E-state index contributed by atoms with van der Waals surface area (Å²) >= 11 is 0. The summed E-state index contributed by atoms with van der Waals surface area (Å²) in [5, 5.41) is 8.64. The first-order valence-electron chi connectivity index (χ1n) is 13.2. The van der Waals surface area contributed by atoms with Gasteiger partial charge in [-0.2, -0.15) is 0 Å². The summed E-state index contributed by atoms with van der Waals surface area (Å²) in [5.41, 5.74) is 0. The lowest BCUT2D eigenvalue weighted by Gasteiger charge is -2.04. The van der Waals surface area contributed by atoms with Crippen molar-refractivity contribution in [2.75, 3.05) is 13.2 Å². The lowest BCUT2D eigenvalue weighted by Crippen LogP contribution is -2.06. The van der Waals surface area contributed by atoms with Gasteiger partial charge in [0.2, 0.25) is 0 Å². The number of rotatable bonds is 24. The van der Waals surface area contributed by atoms with Crippen molar-refractivity contribution < 1.29 is 14.6 Å². The highest BCUT2D eigenvalue weighted by Gasteiger charge is 2.02. The van der Waals surface area contributed by atoms with Gasteiger partial charge in [0.25, 0.3) is 0 Å². The van der Waals surface area contributed by atoms with Crippen molar-refractivity contribution in [3.8, 4) is 0 Å². The Hall–Kier alpha value is -0.830. The van der Waals surface area contributed by atoms with Crippen LogP contribution in [0.3, 0.4) is 0 Å². The maximum absolute atomic E-state index is 11.4. The quantitative estimate of drug-likeness (QED) is 0.0962. The van der Waals surface area contributed by atoms with Gasteiger partial charge in [0.1, 0.15) is 0 Å². The van der Waals surface area contributed by atoms with Crippen LogP contribution in [0.1, 0.15) is 142 Å². The second-order valence-corrected chi connectivity index (χ2v) is 8.75. The highest BCUT2D eigenvalue weighted by molar-refractivity contribution is 5.69. The molecule has 0 unspecified atom stereocenters. The van der Waals surface area contributed by atoms with E-state index in [1.165, 1.54) is 109 Å². The number of carbonyl (C=O) groups is 1. The Bertz CT molecular complexity index is 365. The standard InChI is InChI=1S/C27H52O3/c1-2-3-4-5-6-7-8-9-10-11-12-13-14-15-16-17-18-19-20-21-22-24-27(29)30-26-23-25-28/h9-10,28H,2-8,11-26H2,1H3. The number of carbonyl (C=O) groups excluding carboxylic acids is 1. The molecule has 178 valence electrons. The minimum Gasteiger partial charge on any atom is -0.466 e. The first-order chi connectivity index (χ1) is 14.8. The lowest BCUT2D eigenvalue weighted by molar-refractivity contribution is -0.144. The van der Waals surface area contributed by atoms with E-state index in [0.717, 1.165) is 12.8 Å². The molecule has 0 atom stereocenters. The van der Waals surface area contributed by atoms with Gasteiger partial charge in [-0.15, -0.1) is 0 Å². The summed E-state index contributed by atoms with van der Waals surface area (Å²) in [6, 6.07) is 0. The van der Waals surface area contributed by atoms with E-state index in [9.17, 15) is 4.79 Å². The first-order valence-corrected chi connectivity index (χ1v) is 13.2. The van der Waals surface area contributed by atoms with Gasteiger partial charge in [-0.25, -0.2) is 0 Å². The van der Waals surface area contributed by atoms with Crippen LogP contribution in [0.2, 0.25) is 0 Å². The van der Waals surface area contributed by atoms with Crippen molar-refractivity contribution in [2.24, 2.45) is 0 Å². The van der Waals surface area contributed by atoms with Crippen molar-refractivity contribution in [3.63, 3.8) is 0 Å². The van der Waals surface area contributed by atoms with Crippen molar-refractivity contribution in [1.82, 2.24) is 0 Å². The van der Waals surface area contributed by atoms with Gasteiger partial charge in [-0.3, -0.25) is 4.79 Å². The molecule has 3 heteroatoms. The van der Waals surface area contributed by atoms with Crippen molar-refractivity contribution >= 4 is 5.97 Å². The molecule has 0 heterocycles. The number of allylic oxidation sites excluding steroid dienone is 2. The maximum atomic E-state index is 11.4. The molecule has 0 aromatic carbocycles. The summed E-state index contributed by atoms with van der Waals surface area (Å²) in [4.78, 5) is 11.4. The Kier molecular flexibility index (Phi) is 25.5. The van der Waals surface area contributed by atoms with Crippen LogP contribution < -0.4 is 0 Å². The SMILES string of the molecule is CCCCCCCCC=CCCCCCCCCCCCCCC(=O)OCCCO. The topological polar surface area (TPSA) is 46.5 Å². The van der Waals surface area contributed by atoms with Gasteiger partial charge in [-0.1, -0.05) is 109 Å². The summed E-state index contributed by atoms with van der Waals surface area (Å²) in [5.74, 6) is -0.114. The number of aliphatic hydroxyl groups excluding tert-OH is 1. The zero-order valence-electron chi connectivity index (χ0n) is 20.2. The Morgan fingerprint density at radius 3 is 1.53 bits per heavy atom. The van der Waals surface area contributed by atoms with Gasteiger partial charge in [0.15, 0.2) is 0 Å². The molecule has 0 aromatic rings. The minimum absolute atomic E-state index is 0.0873. The second kappa shape index (κ2) is 26.2. The first kappa shape index (κ1) is 29.2. The van der Waals surface area contributed by atoms with Gasteiger partial charge in [0, 0.05) is 19.4 Å². The van der Waals surface area contributed by atoms with E-state index in [0.29, 0.717) is 19.4 Å². The third kappa shape index (κ3) is 25.2. The van der Waals surface area contributed by atoms with Crippen molar-refractivity contribution in [2.45, 2.75) is 142 Å². The molecule has 0 amide bonds. The van der Waals surface area contributed by atoms with E-state index in [2.05, 4.69) is 19.1 Å². The fourth-order valence-corrected chi connectivity index (χ4v) is 3.72. The third-order valence-electron chi connectivity index (χ3n) is 5.71. The second-order valence-electron chi connectivity index (χ2n) is 8.75. The van der Waals surface area contributed by atoms with Crippen LogP contribution in [0.25, 0.3) is 0 Å². The van der Waals surface area contributed by atoms with Crippen LogP contribution in [-0.2, 0) is 9.53 Å². The van der Waals surface area contributed by atoms with E-state index in [1.807, 2.05) is 0 Å². The highest BCUT2D eigenvalue weighted by Crippen LogP contribution is 2.13. The van der Waals surface area contributed by atoms with Crippen LogP contribution >= 0.6 is 0 Å². The fourth-order valence-electron chi connectivity index (χ4n) is 3.72. The summed E-state index contributed by atoms with van der Waals surface area (Å²) in [6.45, 7) is 2.72. The maximum Gasteiger partial charge on any atom is 0.305 e. The van der Waals surface area contributed by atoms with Gasteiger partial charge in [-0.05, 0) is 32.1 Å². The number of ether oxygens (including phenoxy) is 1. The van der Waals surface area contributed by atoms with Crippen LogP contribution in [0.15, 0.2) is 12.2 Å². The molecular weight excluding hydrogens is 372 g/mol. The molecule has 0 spiro atoms. The largest absolute Gasteiger partial charge is 0.466 e. The van der Waals surface area contributed by atoms with E-state index in [-0.39, 0.29) is 12.6 Å². The minimum atomic E-state index is -0.114. The number of hydrogen-bond donors (Lipinski definition) is 1. The van der Waals surface area contributed by atoms with E-state index in [4.69, 9.17) is 9.84 Å². The normalized spacial score (nSPS) is 11.4.